The second kappa shape index (κ2) is 6.49. The molecule has 2 atom stereocenters. The van der Waals surface area contributed by atoms with E-state index in [1.165, 1.54) is 25.1 Å². The molecular weight excluding hydrogens is 311 g/mol. The van der Waals surface area contributed by atoms with E-state index >= 15 is 0 Å². The van der Waals surface area contributed by atoms with Gasteiger partial charge < -0.3 is 10.2 Å². The van der Waals surface area contributed by atoms with Crippen molar-refractivity contribution in [2.75, 3.05) is 5.75 Å². The molecule has 0 aromatic heterocycles. The third-order valence-corrected chi connectivity index (χ3v) is 3.63. The number of hydrogen-bond donors (Lipinski definition) is 2. The Labute approximate surface area is 111 Å². The third-order valence-electron chi connectivity index (χ3n) is 2.11. The molecule has 0 bridgehead atoms. The van der Waals surface area contributed by atoms with Crippen LogP contribution in [0.4, 0.5) is 4.39 Å². The number of carbonyl (C=O) groups is 1. The molecule has 1 aromatic rings. The van der Waals surface area contributed by atoms with Crippen LogP contribution in [0.2, 0.25) is 0 Å². The van der Waals surface area contributed by atoms with Gasteiger partial charge in [0.2, 0.25) is 0 Å². The van der Waals surface area contributed by atoms with Gasteiger partial charge in [0.25, 0.3) is 0 Å². The van der Waals surface area contributed by atoms with Gasteiger partial charge in [-0.3, -0.25) is 4.79 Å². The van der Waals surface area contributed by atoms with Crippen molar-refractivity contribution in [3.63, 3.8) is 0 Å². The summed E-state index contributed by atoms with van der Waals surface area (Å²) in [5.74, 6) is -0.334. The molecule has 1 rings (SSSR count). The number of thioether (sulfide) groups is 1. The highest BCUT2D eigenvalue weighted by Gasteiger charge is 2.19. The minimum Gasteiger partial charge on any atom is -0.389 e. The van der Waals surface area contributed by atoms with E-state index in [0.29, 0.717) is 5.56 Å². The monoisotopic (exact) mass is 322 g/mol. The quantitative estimate of drug-likeness (QED) is 0.892. The van der Waals surface area contributed by atoms with Gasteiger partial charge in [0.1, 0.15) is 11.9 Å². The van der Waals surface area contributed by atoms with E-state index in [-0.39, 0.29) is 15.3 Å². The average molecular weight is 323 g/mol. The van der Waals surface area contributed by atoms with E-state index in [1.807, 2.05) is 0 Å². The molecule has 0 saturated carbocycles. The Kier molecular flexibility index (Phi) is 5.58. The molecule has 0 fully saturated rings. The number of rotatable bonds is 4. The van der Waals surface area contributed by atoms with Gasteiger partial charge in [0.15, 0.2) is 5.12 Å². The predicted octanol–water partition coefficient (Wildman–Crippen LogP) is 2.26. The zero-order valence-corrected chi connectivity index (χ0v) is 11.5. The number of aliphatic hydroxyl groups excluding tert-OH is 2. The van der Waals surface area contributed by atoms with Gasteiger partial charge in [0, 0.05) is 12.7 Å². The van der Waals surface area contributed by atoms with Gasteiger partial charge in [-0.15, -0.1) is 0 Å². The van der Waals surface area contributed by atoms with Gasteiger partial charge >= 0.3 is 0 Å². The highest BCUT2D eigenvalue weighted by molar-refractivity contribution is 9.10. The molecule has 0 aliphatic heterocycles. The number of benzene rings is 1. The lowest BCUT2D eigenvalue weighted by Crippen LogP contribution is -2.21. The van der Waals surface area contributed by atoms with Crippen molar-refractivity contribution in [1.82, 2.24) is 0 Å². The second-order valence-corrected chi connectivity index (χ2v) is 5.54. The van der Waals surface area contributed by atoms with Crippen molar-refractivity contribution in [1.29, 1.82) is 0 Å². The molecule has 1 aromatic carbocycles. The molecule has 0 saturated heterocycles. The van der Waals surface area contributed by atoms with Crippen LogP contribution in [0.25, 0.3) is 0 Å². The summed E-state index contributed by atoms with van der Waals surface area (Å²) in [6, 6.07) is 4.00. The fourth-order valence-electron chi connectivity index (χ4n) is 1.21. The van der Waals surface area contributed by atoms with Crippen molar-refractivity contribution < 1.29 is 19.4 Å². The van der Waals surface area contributed by atoms with Crippen LogP contribution in [0.5, 0.6) is 0 Å². The van der Waals surface area contributed by atoms with Gasteiger partial charge in [0.05, 0.1) is 10.6 Å². The van der Waals surface area contributed by atoms with Crippen molar-refractivity contribution in [2.24, 2.45) is 0 Å². The molecule has 0 heterocycles. The maximum atomic E-state index is 13.0. The summed E-state index contributed by atoms with van der Waals surface area (Å²) in [5, 5.41) is 19.3. The molecule has 0 amide bonds. The first-order valence-corrected chi connectivity index (χ1v) is 6.64. The summed E-state index contributed by atoms with van der Waals surface area (Å²) >= 11 is 3.93. The summed E-state index contributed by atoms with van der Waals surface area (Å²) in [6.07, 6.45) is -2.21. The summed E-state index contributed by atoms with van der Waals surface area (Å²) in [6.45, 7) is 1.39. The summed E-state index contributed by atoms with van der Waals surface area (Å²) in [5.41, 5.74) is 0.398. The maximum Gasteiger partial charge on any atom is 0.185 e. The topological polar surface area (TPSA) is 57.5 Å². The average Bonchev–Trinajstić information content (AvgIpc) is 2.28. The number of aliphatic hydroxyl groups is 2. The van der Waals surface area contributed by atoms with Gasteiger partial charge in [-0.25, -0.2) is 4.39 Å². The van der Waals surface area contributed by atoms with Crippen LogP contribution in [-0.2, 0) is 4.79 Å². The first kappa shape index (κ1) is 14.6. The smallest absolute Gasteiger partial charge is 0.185 e. The molecule has 2 N–H and O–H groups in total. The van der Waals surface area contributed by atoms with Crippen molar-refractivity contribution in [3.05, 3.63) is 34.1 Å². The molecule has 0 aliphatic rings. The highest BCUT2D eigenvalue weighted by atomic mass is 79.9. The Bertz CT molecular complexity index is 414. The van der Waals surface area contributed by atoms with Gasteiger partial charge in [-0.05, 0) is 33.6 Å². The SMILES string of the molecule is CC(=O)SCC(O)C(O)c1ccc(F)c(Br)c1. The lowest BCUT2D eigenvalue weighted by Gasteiger charge is -2.17. The fraction of sp³-hybridized carbons (Fsp3) is 0.364. The van der Waals surface area contributed by atoms with Crippen LogP contribution >= 0.6 is 27.7 Å². The normalized spacial score (nSPS) is 14.4. The van der Waals surface area contributed by atoms with Crippen LogP contribution in [-0.4, -0.2) is 27.2 Å². The molecule has 0 aliphatic carbocycles. The van der Waals surface area contributed by atoms with E-state index < -0.39 is 18.0 Å². The zero-order valence-electron chi connectivity index (χ0n) is 9.06. The highest BCUT2D eigenvalue weighted by Crippen LogP contribution is 2.24. The van der Waals surface area contributed by atoms with Crippen molar-refractivity contribution in [2.45, 2.75) is 19.1 Å². The van der Waals surface area contributed by atoms with Crippen LogP contribution in [0.3, 0.4) is 0 Å². The molecule has 0 radical (unpaired) electrons. The lowest BCUT2D eigenvalue weighted by atomic mass is 10.1. The van der Waals surface area contributed by atoms with E-state index in [0.717, 1.165) is 11.8 Å². The van der Waals surface area contributed by atoms with Crippen LogP contribution in [0.1, 0.15) is 18.6 Å². The van der Waals surface area contributed by atoms with E-state index in [1.54, 1.807) is 0 Å². The summed E-state index contributed by atoms with van der Waals surface area (Å²) < 4.78 is 13.2. The fourth-order valence-corrected chi connectivity index (χ4v) is 2.20. The van der Waals surface area contributed by atoms with E-state index in [9.17, 15) is 19.4 Å². The Morgan fingerprint density at radius 1 is 1.53 bits per heavy atom. The summed E-state index contributed by atoms with van der Waals surface area (Å²) in [7, 11) is 0. The molecule has 0 spiro atoms. The molecular formula is C11H12BrFO3S. The van der Waals surface area contributed by atoms with E-state index in [4.69, 9.17) is 0 Å². The third kappa shape index (κ3) is 4.39. The lowest BCUT2D eigenvalue weighted by molar-refractivity contribution is -0.109. The van der Waals surface area contributed by atoms with E-state index in [2.05, 4.69) is 15.9 Å². The molecule has 3 nitrogen and oxygen atoms in total. The first-order chi connectivity index (χ1) is 7.91. The number of hydrogen-bond acceptors (Lipinski definition) is 4. The van der Waals surface area contributed by atoms with Crippen molar-refractivity contribution >= 4 is 32.8 Å². The zero-order chi connectivity index (χ0) is 13.0. The first-order valence-electron chi connectivity index (χ1n) is 4.86. The van der Waals surface area contributed by atoms with Gasteiger partial charge in [-0.2, -0.15) is 0 Å². The largest absolute Gasteiger partial charge is 0.389 e. The molecule has 17 heavy (non-hydrogen) atoms. The Morgan fingerprint density at radius 3 is 2.71 bits per heavy atom. The molecule has 2 unspecified atom stereocenters. The van der Waals surface area contributed by atoms with Gasteiger partial charge in [-0.1, -0.05) is 17.8 Å². The Morgan fingerprint density at radius 2 is 2.18 bits per heavy atom. The minimum atomic E-state index is -1.14. The van der Waals surface area contributed by atoms with Crippen LogP contribution in [0, 0.1) is 5.82 Å². The standard InChI is InChI=1S/C11H12BrFO3S/c1-6(14)17-5-10(15)11(16)7-2-3-9(13)8(12)4-7/h2-4,10-11,15-16H,5H2,1H3. The van der Waals surface area contributed by atoms with Crippen LogP contribution in [0.15, 0.2) is 22.7 Å². The number of carbonyl (C=O) groups excluding carboxylic acids is 1. The number of halogens is 2. The molecule has 6 heteroatoms. The summed E-state index contributed by atoms with van der Waals surface area (Å²) in [4.78, 5) is 10.7. The second-order valence-electron chi connectivity index (χ2n) is 3.49. The van der Waals surface area contributed by atoms with Crippen molar-refractivity contribution in [3.8, 4) is 0 Å². The minimum absolute atomic E-state index is 0.103. The Hall–Kier alpha value is -0.430. The maximum absolute atomic E-state index is 13.0. The predicted molar refractivity (Wildman–Crippen MR) is 68.2 cm³/mol. The molecule has 94 valence electrons. The van der Waals surface area contributed by atoms with Crippen LogP contribution < -0.4 is 0 Å². The Balaban J connectivity index is 2.70.